The second-order valence-electron chi connectivity index (χ2n) is 5.60. The molecule has 4 heteroatoms. The molecule has 2 rings (SSSR count). The first kappa shape index (κ1) is 12.6. The Bertz CT molecular complexity index is 404. The van der Waals surface area contributed by atoms with Crippen molar-refractivity contribution in [2.24, 2.45) is 5.41 Å². The van der Waals surface area contributed by atoms with Gasteiger partial charge >= 0.3 is 0 Å². The van der Waals surface area contributed by atoms with Gasteiger partial charge in [0.2, 0.25) is 5.28 Å². The van der Waals surface area contributed by atoms with E-state index in [1.165, 1.54) is 25.7 Å². The molecule has 1 N–H and O–H groups in total. The zero-order valence-electron chi connectivity index (χ0n) is 10.8. The van der Waals surface area contributed by atoms with Crippen molar-refractivity contribution in [2.45, 2.75) is 52.5 Å². The second kappa shape index (κ2) is 4.81. The van der Waals surface area contributed by atoms with E-state index in [1.54, 1.807) is 6.20 Å². The number of aryl methyl sites for hydroxylation is 1. The van der Waals surface area contributed by atoms with Crippen molar-refractivity contribution in [1.82, 2.24) is 9.97 Å². The fourth-order valence-electron chi connectivity index (χ4n) is 2.49. The third-order valence-corrected chi connectivity index (χ3v) is 3.94. The number of aromatic nitrogens is 2. The van der Waals surface area contributed by atoms with E-state index >= 15 is 0 Å². The molecular weight excluding hydrogens is 234 g/mol. The minimum Gasteiger partial charge on any atom is -0.366 e. The molecule has 1 atom stereocenters. The van der Waals surface area contributed by atoms with Crippen LogP contribution in [0.5, 0.6) is 0 Å². The average Bonchev–Trinajstić information content (AvgIpc) is 2.26. The van der Waals surface area contributed by atoms with Crippen molar-refractivity contribution in [3.63, 3.8) is 0 Å². The molecule has 0 amide bonds. The molecule has 1 aliphatic rings. The molecule has 1 fully saturated rings. The lowest BCUT2D eigenvalue weighted by molar-refractivity contribution is 0.216. The summed E-state index contributed by atoms with van der Waals surface area (Å²) in [5.41, 5.74) is 1.37. The van der Waals surface area contributed by atoms with Gasteiger partial charge < -0.3 is 5.32 Å². The molecule has 0 aromatic carbocycles. The Hall–Kier alpha value is -0.830. The molecule has 1 aliphatic carbocycles. The lowest BCUT2D eigenvalue weighted by atomic mass is 9.73. The van der Waals surface area contributed by atoms with E-state index < -0.39 is 0 Å². The predicted molar refractivity (Wildman–Crippen MR) is 71.4 cm³/mol. The van der Waals surface area contributed by atoms with Crippen molar-refractivity contribution in [1.29, 1.82) is 0 Å². The van der Waals surface area contributed by atoms with Gasteiger partial charge in [-0.1, -0.05) is 26.7 Å². The Morgan fingerprint density at radius 2 is 2.18 bits per heavy atom. The van der Waals surface area contributed by atoms with E-state index in [-0.39, 0.29) is 0 Å². The van der Waals surface area contributed by atoms with Crippen LogP contribution in [-0.4, -0.2) is 16.0 Å². The number of halogens is 1. The highest BCUT2D eigenvalue weighted by Gasteiger charge is 2.32. The highest BCUT2D eigenvalue weighted by atomic mass is 35.5. The third-order valence-electron chi connectivity index (χ3n) is 3.76. The first-order chi connectivity index (χ1) is 7.99. The van der Waals surface area contributed by atoms with Crippen LogP contribution in [0.2, 0.25) is 5.28 Å². The van der Waals surface area contributed by atoms with Gasteiger partial charge in [-0.15, -0.1) is 0 Å². The smallest absolute Gasteiger partial charge is 0.224 e. The highest BCUT2D eigenvalue weighted by molar-refractivity contribution is 6.28. The summed E-state index contributed by atoms with van der Waals surface area (Å²) >= 11 is 5.84. The molecule has 0 bridgehead atoms. The van der Waals surface area contributed by atoms with E-state index in [9.17, 15) is 0 Å². The van der Waals surface area contributed by atoms with Crippen molar-refractivity contribution >= 4 is 17.4 Å². The summed E-state index contributed by atoms with van der Waals surface area (Å²) in [6, 6.07) is 0.473. The summed E-state index contributed by atoms with van der Waals surface area (Å²) in [6.07, 6.45) is 6.86. The summed E-state index contributed by atoms with van der Waals surface area (Å²) in [4.78, 5) is 8.26. The van der Waals surface area contributed by atoms with Crippen molar-refractivity contribution in [2.75, 3.05) is 5.32 Å². The quantitative estimate of drug-likeness (QED) is 0.815. The maximum absolute atomic E-state index is 5.84. The fourth-order valence-corrected chi connectivity index (χ4v) is 2.63. The van der Waals surface area contributed by atoms with Crippen LogP contribution in [0, 0.1) is 12.3 Å². The minimum absolute atomic E-state index is 0.312. The summed E-state index contributed by atoms with van der Waals surface area (Å²) in [7, 11) is 0. The van der Waals surface area contributed by atoms with Gasteiger partial charge in [0.25, 0.3) is 0 Å². The number of nitrogens with one attached hydrogen (secondary N) is 1. The van der Waals surface area contributed by atoms with Gasteiger partial charge in [-0.05, 0) is 36.8 Å². The Morgan fingerprint density at radius 3 is 2.88 bits per heavy atom. The third kappa shape index (κ3) is 2.89. The van der Waals surface area contributed by atoms with Gasteiger partial charge in [-0.2, -0.15) is 0 Å². The Labute approximate surface area is 108 Å². The summed E-state index contributed by atoms with van der Waals surface area (Å²) in [5, 5.41) is 3.86. The van der Waals surface area contributed by atoms with Gasteiger partial charge in [-0.25, -0.2) is 9.97 Å². The number of anilines is 1. The maximum atomic E-state index is 5.84. The zero-order chi connectivity index (χ0) is 12.5. The number of rotatable bonds is 2. The average molecular weight is 254 g/mol. The first-order valence-electron chi connectivity index (χ1n) is 6.25. The van der Waals surface area contributed by atoms with Crippen LogP contribution < -0.4 is 5.32 Å². The molecule has 0 aliphatic heterocycles. The zero-order valence-corrected chi connectivity index (χ0v) is 11.5. The molecule has 1 heterocycles. The topological polar surface area (TPSA) is 37.8 Å². The van der Waals surface area contributed by atoms with Gasteiger partial charge in [0, 0.05) is 17.8 Å². The van der Waals surface area contributed by atoms with Crippen LogP contribution in [0.15, 0.2) is 6.20 Å². The highest BCUT2D eigenvalue weighted by Crippen LogP contribution is 2.37. The van der Waals surface area contributed by atoms with E-state index in [0.717, 1.165) is 11.4 Å². The maximum Gasteiger partial charge on any atom is 0.224 e. The van der Waals surface area contributed by atoms with Crippen LogP contribution in [0.1, 0.15) is 45.1 Å². The molecule has 1 saturated carbocycles. The molecule has 0 saturated heterocycles. The Morgan fingerprint density at radius 1 is 1.41 bits per heavy atom. The SMILES string of the molecule is Cc1cnc(Cl)nc1NC1CCCCC1(C)C. The number of hydrogen-bond donors (Lipinski definition) is 1. The van der Waals surface area contributed by atoms with Crippen molar-refractivity contribution in [3.8, 4) is 0 Å². The monoisotopic (exact) mass is 253 g/mol. The van der Waals surface area contributed by atoms with E-state index in [1.807, 2.05) is 6.92 Å². The Balaban J connectivity index is 2.16. The van der Waals surface area contributed by atoms with Crippen LogP contribution in [-0.2, 0) is 0 Å². The van der Waals surface area contributed by atoms with Gasteiger partial charge in [0.1, 0.15) is 5.82 Å². The van der Waals surface area contributed by atoms with Crippen molar-refractivity contribution in [3.05, 3.63) is 17.0 Å². The second-order valence-corrected chi connectivity index (χ2v) is 5.94. The predicted octanol–water partition coefficient (Wildman–Crippen LogP) is 3.82. The molecule has 1 aromatic heterocycles. The molecule has 94 valence electrons. The molecular formula is C13H20ClN3. The van der Waals surface area contributed by atoms with Gasteiger partial charge in [0.05, 0.1) is 0 Å². The van der Waals surface area contributed by atoms with Crippen LogP contribution >= 0.6 is 11.6 Å². The summed E-state index contributed by atoms with van der Waals surface area (Å²) < 4.78 is 0. The van der Waals surface area contributed by atoms with Gasteiger partial charge in [0.15, 0.2) is 0 Å². The van der Waals surface area contributed by atoms with Crippen LogP contribution in [0.4, 0.5) is 5.82 Å². The van der Waals surface area contributed by atoms with E-state index in [4.69, 9.17) is 11.6 Å². The van der Waals surface area contributed by atoms with E-state index in [0.29, 0.717) is 16.7 Å². The van der Waals surface area contributed by atoms with Crippen LogP contribution in [0.25, 0.3) is 0 Å². The summed E-state index contributed by atoms with van der Waals surface area (Å²) in [5.74, 6) is 0.880. The number of hydrogen-bond acceptors (Lipinski definition) is 3. The minimum atomic E-state index is 0.312. The molecule has 1 unspecified atom stereocenters. The summed E-state index contributed by atoms with van der Waals surface area (Å²) in [6.45, 7) is 6.65. The number of nitrogens with zero attached hydrogens (tertiary/aromatic N) is 2. The molecule has 0 spiro atoms. The lowest BCUT2D eigenvalue weighted by Gasteiger charge is -2.39. The molecule has 17 heavy (non-hydrogen) atoms. The van der Waals surface area contributed by atoms with Gasteiger partial charge in [-0.3, -0.25) is 0 Å². The lowest BCUT2D eigenvalue weighted by Crippen LogP contribution is -2.39. The fraction of sp³-hybridized carbons (Fsp3) is 0.692. The molecule has 3 nitrogen and oxygen atoms in total. The normalized spacial score (nSPS) is 23.4. The van der Waals surface area contributed by atoms with E-state index in [2.05, 4.69) is 29.1 Å². The molecule has 1 aromatic rings. The van der Waals surface area contributed by atoms with Crippen molar-refractivity contribution < 1.29 is 0 Å². The molecule has 0 radical (unpaired) electrons. The standard InChI is InChI=1S/C13H20ClN3/c1-9-8-15-12(14)17-11(9)16-10-6-4-5-7-13(10,2)3/h8,10H,4-7H2,1-3H3,(H,15,16,17). The van der Waals surface area contributed by atoms with Crippen LogP contribution in [0.3, 0.4) is 0 Å². The first-order valence-corrected chi connectivity index (χ1v) is 6.62. The largest absolute Gasteiger partial charge is 0.366 e. The Kier molecular flexibility index (Phi) is 3.57.